The van der Waals surface area contributed by atoms with E-state index in [-0.39, 0.29) is 17.6 Å². The summed E-state index contributed by atoms with van der Waals surface area (Å²) in [5, 5.41) is 13.1. The first-order valence-corrected chi connectivity index (χ1v) is 7.55. The molecule has 2 unspecified atom stereocenters. The van der Waals surface area contributed by atoms with Gasteiger partial charge in [0.05, 0.1) is 6.10 Å². The van der Waals surface area contributed by atoms with Gasteiger partial charge in [-0.3, -0.25) is 4.79 Å². The summed E-state index contributed by atoms with van der Waals surface area (Å²) in [7, 11) is 0. The number of nitrogens with one attached hydrogen (secondary N) is 1. The second kappa shape index (κ2) is 6.88. The molecule has 0 bridgehead atoms. The molecule has 112 valence electrons. The van der Waals surface area contributed by atoms with Crippen LogP contribution in [0.3, 0.4) is 0 Å². The minimum absolute atomic E-state index is 0.0773. The molecule has 20 heavy (non-hydrogen) atoms. The summed E-state index contributed by atoms with van der Waals surface area (Å²) in [6.45, 7) is 5.48. The summed E-state index contributed by atoms with van der Waals surface area (Å²) in [6.07, 6.45) is 7.27. The third kappa shape index (κ3) is 3.82. The van der Waals surface area contributed by atoms with Crippen molar-refractivity contribution in [3.05, 3.63) is 22.7 Å². The Kier molecular flexibility index (Phi) is 5.17. The largest absolute Gasteiger partial charge is 0.393 e. The maximum absolute atomic E-state index is 12.2. The number of nitrogens with zero attached hydrogens (tertiary/aromatic N) is 2. The molecule has 1 heterocycles. The van der Waals surface area contributed by atoms with Crippen molar-refractivity contribution in [2.75, 3.05) is 11.9 Å². The fourth-order valence-electron chi connectivity index (χ4n) is 2.76. The van der Waals surface area contributed by atoms with Gasteiger partial charge >= 0.3 is 0 Å². The van der Waals surface area contributed by atoms with Crippen molar-refractivity contribution in [1.82, 2.24) is 9.55 Å². The molecule has 1 aliphatic rings. The zero-order valence-corrected chi connectivity index (χ0v) is 12.4. The van der Waals surface area contributed by atoms with Crippen LogP contribution in [0.5, 0.6) is 0 Å². The van der Waals surface area contributed by atoms with E-state index in [0.29, 0.717) is 24.8 Å². The molecule has 2 N–H and O–H groups in total. The highest BCUT2D eigenvalue weighted by molar-refractivity contribution is 5.30. The number of hydrogen-bond acceptors (Lipinski definition) is 4. The molecule has 5 heteroatoms. The highest BCUT2D eigenvalue weighted by Crippen LogP contribution is 2.24. The number of rotatable bonds is 5. The smallest absolute Gasteiger partial charge is 0.293 e. The third-order valence-electron chi connectivity index (χ3n) is 3.88. The van der Waals surface area contributed by atoms with Gasteiger partial charge in [0.15, 0.2) is 5.82 Å². The van der Waals surface area contributed by atoms with Crippen LogP contribution in [0.4, 0.5) is 5.82 Å². The van der Waals surface area contributed by atoms with Crippen LogP contribution in [0.25, 0.3) is 0 Å². The first-order valence-electron chi connectivity index (χ1n) is 7.55. The predicted molar refractivity (Wildman–Crippen MR) is 79.8 cm³/mol. The van der Waals surface area contributed by atoms with Crippen LogP contribution < -0.4 is 10.9 Å². The zero-order valence-electron chi connectivity index (χ0n) is 12.4. The van der Waals surface area contributed by atoms with Crippen LogP contribution in [-0.2, 0) is 6.54 Å². The summed E-state index contributed by atoms with van der Waals surface area (Å²) in [4.78, 5) is 16.4. The van der Waals surface area contributed by atoms with Gasteiger partial charge in [0.25, 0.3) is 5.56 Å². The predicted octanol–water partition coefficient (Wildman–Crippen LogP) is 1.86. The summed E-state index contributed by atoms with van der Waals surface area (Å²) in [5.41, 5.74) is -0.0773. The second-order valence-corrected chi connectivity index (χ2v) is 6.12. The van der Waals surface area contributed by atoms with E-state index >= 15 is 0 Å². The maximum Gasteiger partial charge on any atom is 0.293 e. The lowest BCUT2D eigenvalue weighted by atomic mass is 9.86. The summed E-state index contributed by atoms with van der Waals surface area (Å²) >= 11 is 0. The van der Waals surface area contributed by atoms with Gasteiger partial charge in [0.1, 0.15) is 0 Å². The number of aromatic nitrogens is 2. The Morgan fingerprint density at radius 1 is 1.45 bits per heavy atom. The molecule has 1 aromatic heterocycles. The molecule has 2 atom stereocenters. The normalized spacial score (nSPS) is 23.0. The molecule has 0 spiro atoms. The number of anilines is 1. The monoisotopic (exact) mass is 279 g/mol. The van der Waals surface area contributed by atoms with E-state index in [1.54, 1.807) is 17.0 Å². The van der Waals surface area contributed by atoms with Crippen molar-refractivity contribution < 1.29 is 5.11 Å². The van der Waals surface area contributed by atoms with Crippen LogP contribution >= 0.6 is 0 Å². The van der Waals surface area contributed by atoms with Crippen molar-refractivity contribution in [3.8, 4) is 0 Å². The third-order valence-corrected chi connectivity index (χ3v) is 3.88. The number of aliphatic hydroxyl groups excluding tert-OH is 1. The van der Waals surface area contributed by atoms with Crippen LogP contribution in [0.2, 0.25) is 0 Å². The quantitative estimate of drug-likeness (QED) is 0.863. The van der Waals surface area contributed by atoms with Gasteiger partial charge in [-0.15, -0.1) is 0 Å². The maximum atomic E-state index is 12.2. The molecule has 0 aromatic carbocycles. The molecular weight excluding hydrogens is 254 g/mol. The Morgan fingerprint density at radius 2 is 2.20 bits per heavy atom. The van der Waals surface area contributed by atoms with E-state index in [0.717, 1.165) is 25.7 Å². The molecule has 1 aromatic rings. The average molecular weight is 279 g/mol. The van der Waals surface area contributed by atoms with E-state index in [1.165, 1.54) is 0 Å². The lowest BCUT2D eigenvalue weighted by molar-refractivity contribution is 0.0763. The lowest BCUT2D eigenvalue weighted by Crippen LogP contribution is -2.33. The first kappa shape index (κ1) is 15.0. The molecule has 0 radical (unpaired) electrons. The van der Waals surface area contributed by atoms with Crippen molar-refractivity contribution in [2.24, 2.45) is 11.8 Å². The molecular formula is C15H25N3O2. The van der Waals surface area contributed by atoms with Gasteiger partial charge in [-0.1, -0.05) is 26.7 Å². The van der Waals surface area contributed by atoms with Crippen molar-refractivity contribution in [3.63, 3.8) is 0 Å². The van der Waals surface area contributed by atoms with Gasteiger partial charge in [0, 0.05) is 31.4 Å². The Hall–Kier alpha value is -1.36. The Morgan fingerprint density at radius 3 is 2.90 bits per heavy atom. The SMILES string of the molecule is CC(C)Cn1ccnc(NCC2CCCCC2O)c1=O. The molecule has 0 amide bonds. The van der Waals surface area contributed by atoms with E-state index < -0.39 is 0 Å². The van der Waals surface area contributed by atoms with E-state index in [4.69, 9.17) is 0 Å². The standard InChI is InChI=1S/C15H25N3O2/c1-11(2)10-18-8-7-16-14(15(18)20)17-9-12-5-3-4-6-13(12)19/h7-8,11-13,19H,3-6,9-10H2,1-2H3,(H,16,17). The summed E-state index contributed by atoms with van der Waals surface area (Å²) in [5.74, 6) is 1.04. The molecule has 2 rings (SSSR count). The van der Waals surface area contributed by atoms with Gasteiger partial charge in [-0.25, -0.2) is 4.98 Å². The molecule has 5 nitrogen and oxygen atoms in total. The molecule has 1 fully saturated rings. The van der Waals surface area contributed by atoms with E-state index in [1.807, 2.05) is 0 Å². The van der Waals surface area contributed by atoms with Crippen molar-refractivity contribution in [1.29, 1.82) is 0 Å². The molecule has 0 saturated heterocycles. The van der Waals surface area contributed by atoms with Gasteiger partial charge in [0.2, 0.25) is 0 Å². The Labute approximate surface area is 120 Å². The van der Waals surface area contributed by atoms with Crippen LogP contribution in [0.1, 0.15) is 39.5 Å². The Bertz CT molecular complexity index is 484. The molecule has 1 aliphatic carbocycles. The number of aliphatic hydroxyl groups is 1. The molecule has 0 aliphatic heterocycles. The summed E-state index contributed by atoms with van der Waals surface area (Å²) < 4.78 is 1.69. The van der Waals surface area contributed by atoms with Crippen molar-refractivity contribution in [2.45, 2.75) is 52.2 Å². The zero-order chi connectivity index (χ0) is 14.5. The minimum atomic E-state index is -0.252. The first-order chi connectivity index (χ1) is 9.58. The highest BCUT2D eigenvalue weighted by Gasteiger charge is 2.23. The average Bonchev–Trinajstić information content (AvgIpc) is 2.41. The fourth-order valence-corrected chi connectivity index (χ4v) is 2.76. The van der Waals surface area contributed by atoms with Gasteiger partial charge < -0.3 is 15.0 Å². The fraction of sp³-hybridized carbons (Fsp3) is 0.733. The topological polar surface area (TPSA) is 67.2 Å². The molecule has 1 saturated carbocycles. The van der Waals surface area contributed by atoms with Crippen LogP contribution in [0, 0.1) is 11.8 Å². The lowest BCUT2D eigenvalue weighted by Gasteiger charge is -2.27. The van der Waals surface area contributed by atoms with Gasteiger partial charge in [-0.2, -0.15) is 0 Å². The van der Waals surface area contributed by atoms with Crippen molar-refractivity contribution >= 4 is 5.82 Å². The Balaban J connectivity index is 2.00. The van der Waals surface area contributed by atoms with Crippen LogP contribution in [-0.4, -0.2) is 27.3 Å². The number of hydrogen-bond donors (Lipinski definition) is 2. The van der Waals surface area contributed by atoms with Gasteiger partial charge in [-0.05, 0) is 18.8 Å². The van der Waals surface area contributed by atoms with Crippen LogP contribution in [0.15, 0.2) is 17.2 Å². The van der Waals surface area contributed by atoms with E-state index in [2.05, 4.69) is 24.1 Å². The minimum Gasteiger partial charge on any atom is -0.393 e. The second-order valence-electron chi connectivity index (χ2n) is 6.12. The summed E-state index contributed by atoms with van der Waals surface area (Å²) in [6, 6.07) is 0. The highest BCUT2D eigenvalue weighted by atomic mass is 16.3. The van der Waals surface area contributed by atoms with E-state index in [9.17, 15) is 9.90 Å².